The smallest absolute Gasteiger partial charge is 0.406 e. The lowest BCUT2D eigenvalue weighted by Crippen LogP contribution is -2.16. The molecule has 4 nitrogen and oxygen atoms in total. The van der Waals surface area contributed by atoms with Gasteiger partial charge in [0.15, 0.2) is 5.65 Å². The summed E-state index contributed by atoms with van der Waals surface area (Å²) in [7, 11) is 0. The lowest BCUT2D eigenvalue weighted by atomic mass is 10.1. The molecule has 0 atom stereocenters. The molecule has 0 spiro atoms. The van der Waals surface area contributed by atoms with E-state index in [2.05, 4.69) is 14.7 Å². The molecule has 0 amide bonds. The lowest BCUT2D eigenvalue weighted by Gasteiger charge is -2.09. The van der Waals surface area contributed by atoms with E-state index in [1.165, 1.54) is 24.3 Å². The Labute approximate surface area is 124 Å². The standard InChI is InChI=1S/C15H12F3N3O/c1-2-11-7-20-14-8-19-13(9-21(11)14)10-3-5-12(6-4-10)22-15(16,17)18/h3-9H,2H2,1H3. The molecule has 2 heterocycles. The summed E-state index contributed by atoms with van der Waals surface area (Å²) in [6, 6.07) is 5.61. The number of aromatic nitrogens is 3. The lowest BCUT2D eigenvalue weighted by molar-refractivity contribution is -0.274. The Morgan fingerprint density at radius 2 is 1.82 bits per heavy atom. The van der Waals surface area contributed by atoms with E-state index in [4.69, 9.17) is 0 Å². The molecule has 0 saturated carbocycles. The van der Waals surface area contributed by atoms with Crippen molar-refractivity contribution in [3.05, 3.63) is 48.5 Å². The summed E-state index contributed by atoms with van der Waals surface area (Å²) < 4.78 is 42.2. The van der Waals surface area contributed by atoms with Gasteiger partial charge < -0.3 is 9.14 Å². The third kappa shape index (κ3) is 2.88. The van der Waals surface area contributed by atoms with Gasteiger partial charge in [-0.2, -0.15) is 0 Å². The molecule has 0 N–H and O–H groups in total. The van der Waals surface area contributed by atoms with Crippen LogP contribution in [0.2, 0.25) is 0 Å². The zero-order valence-corrected chi connectivity index (χ0v) is 11.6. The largest absolute Gasteiger partial charge is 0.573 e. The monoisotopic (exact) mass is 307 g/mol. The highest BCUT2D eigenvalue weighted by molar-refractivity contribution is 5.60. The molecule has 2 aromatic heterocycles. The van der Waals surface area contributed by atoms with Crippen molar-refractivity contribution in [3.63, 3.8) is 0 Å². The second-order valence-electron chi connectivity index (χ2n) is 4.68. The minimum atomic E-state index is -4.69. The zero-order chi connectivity index (χ0) is 15.7. The van der Waals surface area contributed by atoms with Crippen molar-refractivity contribution in [1.82, 2.24) is 14.4 Å². The molecule has 0 saturated heterocycles. The Kier molecular flexibility index (Phi) is 3.48. The number of nitrogens with zero attached hydrogens (tertiary/aromatic N) is 3. The van der Waals surface area contributed by atoms with Crippen LogP contribution in [0.3, 0.4) is 0 Å². The van der Waals surface area contributed by atoms with Gasteiger partial charge in [0.05, 0.1) is 11.9 Å². The fourth-order valence-corrected chi connectivity index (χ4v) is 2.18. The summed E-state index contributed by atoms with van der Waals surface area (Å²) in [6.45, 7) is 2.02. The highest BCUT2D eigenvalue weighted by Crippen LogP contribution is 2.26. The van der Waals surface area contributed by atoms with Gasteiger partial charge in [0.2, 0.25) is 0 Å². The van der Waals surface area contributed by atoms with Crippen LogP contribution in [0.25, 0.3) is 16.9 Å². The summed E-state index contributed by atoms with van der Waals surface area (Å²) in [4.78, 5) is 8.52. The van der Waals surface area contributed by atoms with Crippen LogP contribution < -0.4 is 4.74 Å². The van der Waals surface area contributed by atoms with Crippen molar-refractivity contribution in [2.75, 3.05) is 0 Å². The van der Waals surface area contributed by atoms with Crippen molar-refractivity contribution in [1.29, 1.82) is 0 Å². The first-order valence-electron chi connectivity index (χ1n) is 6.64. The van der Waals surface area contributed by atoms with Crippen LogP contribution >= 0.6 is 0 Å². The zero-order valence-electron chi connectivity index (χ0n) is 11.6. The van der Waals surface area contributed by atoms with E-state index >= 15 is 0 Å². The molecule has 0 bridgehead atoms. The Bertz CT molecular complexity index is 794. The van der Waals surface area contributed by atoms with E-state index in [0.29, 0.717) is 11.3 Å². The molecule has 114 valence electrons. The predicted molar refractivity (Wildman–Crippen MR) is 74.5 cm³/mol. The van der Waals surface area contributed by atoms with Gasteiger partial charge in [-0.05, 0) is 30.7 Å². The van der Waals surface area contributed by atoms with Crippen molar-refractivity contribution < 1.29 is 17.9 Å². The molecule has 0 unspecified atom stereocenters. The number of imidazole rings is 1. The van der Waals surface area contributed by atoms with Gasteiger partial charge in [0.25, 0.3) is 0 Å². The summed E-state index contributed by atoms with van der Waals surface area (Å²) in [5.41, 5.74) is 3.12. The summed E-state index contributed by atoms with van der Waals surface area (Å²) in [6.07, 6.45) is 1.37. The van der Waals surface area contributed by atoms with Gasteiger partial charge in [0, 0.05) is 23.7 Å². The summed E-state index contributed by atoms with van der Waals surface area (Å²) in [5, 5.41) is 0. The van der Waals surface area contributed by atoms with E-state index in [1.807, 2.05) is 17.5 Å². The first-order valence-corrected chi connectivity index (χ1v) is 6.64. The molecule has 0 aliphatic rings. The molecule has 3 rings (SSSR count). The number of halogens is 3. The van der Waals surface area contributed by atoms with E-state index < -0.39 is 6.36 Å². The van der Waals surface area contributed by atoms with Crippen LogP contribution in [0.15, 0.2) is 42.9 Å². The quantitative estimate of drug-likeness (QED) is 0.737. The van der Waals surface area contributed by atoms with Gasteiger partial charge in [-0.3, -0.25) is 4.98 Å². The highest BCUT2D eigenvalue weighted by atomic mass is 19.4. The van der Waals surface area contributed by atoms with Gasteiger partial charge in [-0.25, -0.2) is 4.98 Å². The summed E-state index contributed by atoms with van der Waals surface area (Å²) >= 11 is 0. The molecular weight excluding hydrogens is 295 g/mol. The number of hydrogen-bond donors (Lipinski definition) is 0. The van der Waals surface area contributed by atoms with Gasteiger partial charge >= 0.3 is 6.36 Å². The topological polar surface area (TPSA) is 39.4 Å². The SMILES string of the molecule is CCc1cnc2cnc(-c3ccc(OC(F)(F)F)cc3)cn12. The Morgan fingerprint density at radius 1 is 1.09 bits per heavy atom. The van der Waals surface area contributed by atoms with E-state index in [9.17, 15) is 13.2 Å². The number of rotatable bonds is 3. The molecule has 0 radical (unpaired) electrons. The van der Waals surface area contributed by atoms with Crippen LogP contribution in [0.4, 0.5) is 13.2 Å². The molecule has 3 aromatic rings. The van der Waals surface area contributed by atoms with Crippen molar-refractivity contribution in [3.8, 4) is 17.0 Å². The Morgan fingerprint density at radius 3 is 2.45 bits per heavy atom. The molecule has 0 aliphatic carbocycles. The molecule has 22 heavy (non-hydrogen) atoms. The molecule has 0 aliphatic heterocycles. The van der Waals surface area contributed by atoms with Gasteiger partial charge in [0.1, 0.15) is 5.75 Å². The van der Waals surface area contributed by atoms with Crippen LogP contribution in [0.1, 0.15) is 12.6 Å². The van der Waals surface area contributed by atoms with Gasteiger partial charge in [-0.15, -0.1) is 13.2 Å². The number of alkyl halides is 3. The minimum absolute atomic E-state index is 0.255. The number of aryl methyl sites for hydroxylation is 1. The molecule has 7 heteroatoms. The van der Waals surface area contributed by atoms with Gasteiger partial charge in [-0.1, -0.05) is 6.92 Å². The molecule has 1 aromatic carbocycles. The maximum atomic E-state index is 12.1. The third-order valence-electron chi connectivity index (χ3n) is 3.22. The number of hydrogen-bond acceptors (Lipinski definition) is 3. The Balaban J connectivity index is 1.93. The number of ether oxygens (including phenoxy) is 1. The maximum Gasteiger partial charge on any atom is 0.573 e. The second kappa shape index (κ2) is 5.32. The molecule has 0 fully saturated rings. The van der Waals surface area contributed by atoms with Crippen LogP contribution in [0.5, 0.6) is 5.75 Å². The highest BCUT2D eigenvalue weighted by Gasteiger charge is 2.30. The van der Waals surface area contributed by atoms with Crippen LogP contribution in [-0.2, 0) is 6.42 Å². The average molecular weight is 307 g/mol. The van der Waals surface area contributed by atoms with Crippen molar-refractivity contribution in [2.24, 2.45) is 0 Å². The normalized spacial score (nSPS) is 11.8. The average Bonchev–Trinajstić information content (AvgIpc) is 2.88. The van der Waals surface area contributed by atoms with E-state index in [0.717, 1.165) is 17.8 Å². The fourth-order valence-electron chi connectivity index (χ4n) is 2.18. The van der Waals surface area contributed by atoms with E-state index in [-0.39, 0.29) is 5.75 Å². The van der Waals surface area contributed by atoms with E-state index in [1.54, 1.807) is 12.4 Å². The predicted octanol–water partition coefficient (Wildman–Crippen LogP) is 3.86. The third-order valence-corrected chi connectivity index (χ3v) is 3.22. The first-order chi connectivity index (χ1) is 10.5. The van der Waals surface area contributed by atoms with Crippen molar-refractivity contribution in [2.45, 2.75) is 19.7 Å². The maximum absolute atomic E-state index is 12.1. The second-order valence-corrected chi connectivity index (χ2v) is 4.68. The minimum Gasteiger partial charge on any atom is -0.406 e. The number of benzene rings is 1. The molecular formula is C15H12F3N3O. The fraction of sp³-hybridized carbons (Fsp3) is 0.200. The Hall–Kier alpha value is -2.57. The first kappa shape index (κ1) is 14.4. The summed E-state index contributed by atoms with van der Waals surface area (Å²) in [5.74, 6) is -0.255. The van der Waals surface area contributed by atoms with Crippen molar-refractivity contribution >= 4 is 5.65 Å². The van der Waals surface area contributed by atoms with Crippen LogP contribution in [0, 0.1) is 0 Å². The number of fused-ring (bicyclic) bond motifs is 1. The van der Waals surface area contributed by atoms with Crippen LogP contribution in [-0.4, -0.2) is 20.7 Å².